The van der Waals surface area contributed by atoms with Crippen LogP contribution in [0.5, 0.6) is 0 Å². The molecule has 0 aliphatic carbocycles. The smallest absolute Gasteiger partial charge is 0.354 e. The molecule has 1 saturated heterocycles. The van der Waals surface area contributed by atoms with E-state index in [9.17, 15) is 4.79 Å². The molecular formula is C17H19N3O2. The molecule has 1 aliphatic heterocycles. The third kappa shape index (κ3) is 3.43. The summed E-state index contributed by atoms with van der Waals surface area (Å²) in [5.74, 6) is -0.982. The molecule has 2 heterocycles. The van der Waals surface area contributed by atoms with E-state index < -0.39 is 5.97 Å². The molecule has 1 fully saturated rings. The Kier molecular flexibility index (Phi) is 4.34. The van der Waals surface area contributed by atoms with E-state index in [-0.39, 0.29) is 5.69 Å². The average Bonchev–Trinajstić information content (AvgIpc) is 2.56. The van der Waals surface area contributed by atoms with E-state index in [2.05, 4.69) is 39.0 Å². The molecule has 114 valence electrons. The molecule has 0 saturated carbocycles. The molecule has 5 heteroatoms. The number of aromatic nitrogens is 1. The zero-order valence-electron chi connectivity index (χ0n) is 12.4. The molecular weight excluding hydrogens is 278 g/mol. The van der Waals surface area contributed by atoms with Gasteiger partial charge in [-0.3, -0.25) is 4.90 Å². The summed E-state index contributed by atoms with van der Waals surface area (Å²) in [5, 5.41) is 9.02. The lowest BCUT2D eigenvalue weighted by molar-refractivity contribution is 0.0690. The number of hydrogen-bond donors (Lipinski definition) is 1. The van der Waals surface area contributed by atoms with Gasteiger partial charge in [0, 0.05) is 44.6 Å². The van der Waals surface area contributed by atoms with E-state index in [4.69, 9.17) is 5.11 Å². The zero-order valence-corrected chi connectivity index (χ0v) is 12.4. The number of aromatic carboxylic acids is 1. The van der Waals surface area contributed by atoms with Gasteiger partial charge in [0.15, 0.2) is 0 Å². The summed E-state index contributed by atoms with van der Waals surface area (Å²) in [5.41, 5.74) is 2.36. The second-order valence-corrected chi connectivity index (χ2v) is 5.45. The summed E-state index contributed by atoms with van der Waals surface area (Å²) in [7, 11) is 0. The van der Waals surface area contributed by atoms with Gasteiger partial charge < -0.3 is 10.0 Å². The Morgan fingerprint density at radius 2 is 1.82 bits per heavy atom. The molecule has 2 aromatic rings. The zero-order chi connectivity index (χ0) is 15.4. The van der Waals surface area contributed by atoms with Crippen molar-refractivity contribution in [3.63, 3.8) is 0 Å². The van der Waals surface area contributed by atoms with Crippen LogP contribution in [0.25, 0.3) is 0 Å². The lowest BCUT2D eigenvalue weighted by Gasteiger charge is -2.36. The highest BCUT2D eigenvalue weighted by molar-refractivity contribution is 5.86. The van der Waals surface area contributed by atoms with Gasteiger partial charge >= 0.3 is 5.97 Å². The fourth-order valence-electron chi connectivity index (χ4n) is 2.74. The number of anilines is 1. The van der Waals surface area contributed by atoms with Crippen LogP contribution >= 0.6 is 0 Å². The first-order chi connectivity index (χ1) is 10.7. The van der Waals surface area contributed by atoms with Crippen molar-refractivity contribution in [3.8, 4) is 0 Å². The van der Waals surface area contributed by atoms with Crippen LogP contribution in [0.15, 0.2) is 48.7 Å². The van der Waals surface area contributed by atoms with Gasteiger partial charge in [-0.1, -0.05) is 30.3 Å². The van der Waals surface area contributed by atoms with Crippen LogP contribution in [-0.4, -0.2) is 47.1 Å². The number of carboxylic acids is 1. The molecule has 1 aliphatic rings. The first-order valence-electron chi connectivity index (χ1n) is 7.43. The minimum absolute atomic E-state index is 0.101. The van der Waals surface area contributed by atoms with E-state index in [1.165, 1.54) is 5.56 Å². The third-order valence-corrected chi connectivity index (χ3v) is 3.95. The monoisotopic (exact) mass is 297 g/mol. The minimum atomic E-state index is -0.982. The Hall–Kier alpha value is -2.40. The number of hydrogen-bond acceptors (Lipinski definition) is 4. The molecule has 0 unspecified atom stereocenters. The van der Waals surface area contributed by atoms with Gasteiger partial charge in [-0.2, -0.15) is 0 Å². The summed E-state index contributed by atoms with van der Waals surface area (Å²) in [4.78, 5) is 19.5. The number of carboxylic acid groups (broad SMARTS) is 1. The van der Waals surface area contributed by atoms with E-state index in [0.717, 1.165) is 38.4 Å². The summed E-state index contributed by atoms with van der Waals surface area (Å²) in [6, 6.07) is 14.0. The highest BCUT2D eigenvalue weighted by atomic mass is 16.4. The first-order valence-corrected chi connectivity index (χ1v) is 7.43. The van der Waals surface area contributed by atoms with Crippen molar-refractivity contribution < 1.29 is 9.90 Å². The molecule has 1 aromatic carbocycles. The molecule has 22 heavy (non-hydrogen) atoms. The third-order valence-electron chi connectivity index (χ3n) is 3.95. The Balaban J connectivity index is 1.60. The number of benzene rings is 1. The first kappa shape index (κ1) is 14.5. The Morgan fingerprint density at radius 1 is 1.09 bits per heavy atom. The molecule has 0 amide bonds. The largest absolute Gasteiger partial charge is 0.477 e. The van der Waals surface area contributed by atoms with Gasteiger partial charge in [0.1, 0.15) is 5.69 Å². The lowest BCUT2D eigenvalue weighted by atomic mass is 10.2. The molecule has 0 radical (unpaired) electrons. The van der Waals surface area contributed by atoms with Crippen LogP contribution in [0.3, 0.4) is 0 Å². The van der Waals surface area contributed by atoms with Crippen LogP contribution in [0, 0.1) is 0 Å². The van der Waals surface area contributed by atoms with E-state index in [0.29, 0.717) is 0 Å². The predicted octanol–water partition coefficient (Wildman–Crippen LogP) is 2.10. The lowest BCUT2D eigenvalue weighted by Crippen LogP contribution is -2.46. The highest BCUT2D eigenvalue weighted by Gasteiger charge is 2.18. The Morgan fingerprint density at radius 3 is 2.50 bits per heavy atom. The van der Waals surface area contributed by atoms with Crippen LogP contribution in [-0.2, 0) is 6.54 Å². The molecule has 0 bridgehead atoms. The van der Waals surface area contributed by atoms with Gasteiger partial charge in [-0.05, 0) is 17.7 Å². The van der Waals surface area contributed by atoms with Crippen molar-refractivity contribution in [2.24, 2.45) is 0 Å². The summed E-state index contributed by atoms with van der Waals surface area (Å²) in [6.07, 6.45) is 1.56. The van der Waals surface area contributed by atoms with Gasteiger partial charge in [0.2, 0.25) is 0 Å². The summed E-state index contributed by atoms with van der Waals surface area (Å²) >= 11 is 0. The normalized spacial score (nSPS) is 15.7. The SMILES string of the molecule is O=C(O)c1cc(N2CCN(Cc3ccccc3)CC2)ccn1. The maximum atomic E-state index is 11.0. The fourth-order valence-corrected chi connectivity index (χ4v) is 2.74. The van der Waals surface area contributed by atoms with Crippen molar-refractivity contribution in [2.45, 2.75) is 6.54 Å². The van der Waals surface area contributed by atoms with Gasteiger partial charge in [-0.15, -0.1) is 0 Å². The standard InChI is InChI=1S/C17H19N3O2/c21-17(22)16-12-15(6-7-18-16)20-10-8-19(9-11-20)13-14-4-2-1-3-5-14/h1-7,12H,8-11,13H2,(H,21,22). The van der Waals surface area contributed by atoms with Crippen LogP contribution < -0.4 is 4.90 Å². The second-order valence-electron chi connectivity index (χ2n) is 5.45. The topological polar surface area (TPSA) is 56.7 Å². The molecule has 5 nitrogen and oxygen atoms in total. The van der Waals surface area contributed by atoms with Crippen molar-refractivity contribution in [2.75, 3.05) is 31.1 Å². The Labute approximate surface area is 129 Å². The van der Waals surface area contributed by atoms with Crippen LogP contribution in [0.2, 0.25) is 0 Å². The average molecular weight is 297 g/mol. The van der Waals surface area contributed by atoms with E-state index in [1.54, 1.807) is 12.3 Å². The number of pyridine rings is 1. The number of nitrogens with zero attached hydrogens (tertiary/aromatic N) is 3. The second kappa shape index (κ2) is 6.58. The molecule has 3 rings (SSSR count). The van der Waals surface area contributed by atoms with Gasteiger partial charge in [0.05, 0.1) is 0 Å². The van der Waals surface area contributed by atoms with Crippen molar-refractivity contribution in [3.05, 3.63) is 59.9 Å². The van der Waals surface area contributed by atoms with Crippen LogP contribution in [0.4, 0.5) is 5.69 Å². The molecule has 1 N–H and O–H groups in total. The quantitative estimate of drug-likeness (QED) is 0.936. The number of carbonyl (C=O) groups is 1. The minimum Gasteiger partial charge on any atom is -0.477 e. The maximum absolute atomic E-state index is 11.0. The molecule has 0 atom stereocenters. The van der Waals surface area contributed by atoms with E-state index >= 15 is 0 Å². The molecule has 0 spiro atoms. The van der Waals surface area contributed by atoms with Crippen LogP contribution in [0.1, 0.15) is 16.1 Å². The van der Waals surface area contributed by atoms with Crippen molar-refractivity contribution in [1.82, 2.24) is 9.88 Å². The highest BCUT2D eigenvalue weighted by Crippen LogP contribution is 2.17. The fraction of sp³-hybridized carbons (Fsp3) is 0.294. The van der Waals surface area contributed by atoms with E-state index in [1.807, 2.05) is 12.1 Å². The molecule has 1 aromatic heterocycles. The summed E-state index contributed by atoms with van der Waals surface area (Å²) in [6.45, 7) is 4.70. The summed E-state index contributed by atoms with van der Waals surface area (Å²) < 4.78 is 0. The maximum Gasteiger partial charge on any atom is 0.354 e. The predicted molar refractivity (Wildman–Crippen MR) is 85.1 cm³/mol. The Bertz CT molecular complexity index is 637. The number of piperazine rings is 1. The van der Waals surface area contributed by atoms with Gasteiger partial charge in [-0.25, -0.2) is 9.78 Å². The van der Waals surface area contributed by atoms with Crippen molar-refractivity contribution in [1.29, 1.82) is 0 Å². The van der Waals surface area contributed by atoms with Gasteiger partial charge in [0.25, 0.3) is 0 Å². The van der Waals surface area contributed by atoms with Crippen molar-refractivity contribution >= 4 is 11.7 Å². The number of rotatable bonds is 4.